The topological polar surface area (TPSA) is 12.5 Å². The van der Waals surface area contributed by atoms with Crippen LogP contribution in [0.15, 0.2) is 24.3 Å². The molecule has 0 radical (unpaired) electrons. The molecule has 0 amide bonds. The third-order valence-corrected chi connectivity index (χ3v) is 4.89. The van der Waals surface area contributed by atoms with Crippen molar-refractivity contribution < 1.29 is 4.74 Å². The van der Waals surface area contributed by atoms with E-state index in [0.717, 1.165) is 12.3 Å². The Morgan fingerprint density at radius 3 is 2.72 bits per heavy atom. The van der Waals surface area contributed by atoms with Crippen LogP contribution in [0.1, 0.15) is 31.2 Å². The van der Waals surface area contributed by atoms with E-state index in [-0.39, 0.29) is 0 Å². The fourth-order valence-electron chi connectivity index (χ4n) is 2.78. The van der Waals surface area contributed by atoms with Crippen LogP contribution in [-0.2, 0) is 6.54 Å². The minimum absolute atomic E-state index is 0.631. The summed E-state index contributed by atoms with van der Waals surface area (Å²) in [6, 6.07) is 8.94. The van der Waals surface area contributed by atoms with Gasteiger partial charge in [-0.05, 0) is 26.0 Å². The van der Waals surface area contributed by atoms with Gasteiger partial charge in [-0.2, -0.15) is 0 Å². The molecular weight excluding hydrogens is 290 g/mol. The summed E-state index contributed by atoms with van der Waals surface area (Å²) in [4.78, 5) is 3.09. The number of hydrogen-bond acceptors (Lipinski definition) is 2. The second kappa shape index (κ2) is 6.58. The van der Waals surface area contributed by atoms with Crippen molar-refractivity contribution in [3.05, 3.63) is 29.8 Å². The Morgan fingerprint density at radius 1 is 1.28 bits per heavy atom. The summed E-state index contributed by atoms with van der Waals surface area (Å²) in [6.07, 6.45) is 5.29. The summed E-state index contributed by atoms with van der Waals surface area (Å²) < 4.78 is 5.42. The van der Waals surface area contributed by atoms with Crippen molar-refractivity contribution in [1.82, 2.24) is 4.90 Å². The molecule has 1 aromatic rings. The lowest BCUT2D eigenvalue weighted by Gasteiger charge is -2.35. The Kier molecular flexibility index (Phi) is 5.07. The molecule has 1 saturated carbocycles. The zero-order chi connectivity index (χ0) is 13.0. The van der Waals surface area contributed by atoms with Crippen LogP contribution in [-0.4, -0.2) is 29.9 Å². The second-order valence-electron chi connectivity index (χ2n) is 5.09. The maximum atomic E-state index is 5.42. The van der Waals surface area contributed by atoms with E-state index < -0.39 is 0 Å². The number of nitrogens with zero attached hydrogens (tertiary/aromatic N) is 1. The maximum Gasteiger partial charge on any atom is 0.123 e. The van der Waals surface area contributed by atoms with Crippen LogP contribution in [0.5, 0.6) is 5.75 Å². The lowest BCUT2D eigenvalue weighted by Crippen LogP contribution is -2.40. The van der Waals surface area contributed by atoms with Gasteiger partial charge in [0.05, 0.1) is 7.11 Å². The SMILES string of the molecule is COc1ccccc1CN(C)C1CCCCC1Br. The molecule has 1 aromatic carbocycles. The highest BCUT2D eigenvalue weighted by molar-refractivity contribution is 9.09. The third kappa shape index (κ3) is 3.27. The van der Waals surface area contributed by atoms with Crippen LogP contribution in [0, 0.1) is 0 Å². The molecule has 1 aliphatic carbocycles. The van der Waals surface area contributed by atoms with Crippen LogP contribution in [0.4, 0.5) is 0 Å². The number of halogens is 1. The molecule has 0 bridgehead atoms. The highest BCUT2D eigenvalue weighted by atomic mass is 79.9. The van der Waals surface area contributed by atoms with Gasteiger partial charge in [0, 0.05) is 23.0 Å². The first-order valence-corrected chi connectivity index (χ1v) is 7.60. The largest absolute Gasteiger partial charge is 0.496 e. The zero-order valence-corrected chi connectivity index (χ0v) is 12.8. The van der Waals surface area contributed by atoms with Crippen LogP contribution < -0.4 is 4.74 Å². The highest BCUT2D eigenvalue weighted by Crippen LogP contribution is 2.29. The number of rotatable bonds is 4. The van der Waals surface area contributed by atoms with Crippen LogP contribution in [0.3, 0.4) is 0 Å². The third-order valence-electron chi connectivity index (χ3n) is 3.83. The predicted molar refractivity (Wildman–Crippen MR) is 79.4 cm³/mol. The number of para-hydroxylation sites is 1. The molecule has 0 aromatic heterocycles. The summed E-state index contributed by atoms with van der Waals surface area (Å²) in [5.74, 6) is 0.992. The van der Waals surface area contributed by atoms with Crippen LogP contribution in [0.25, 0.3) is 0 Å². The standard InChI is InChI=1S/C15H22BrNO/c1-17(14-9-5-4-8-13(14)16)11-12-7-3-6-10-15(12)18-2/h3,6-7,10,13-14H,4-5,8-9,11H2,1-2H3. The lowest BCUT2D eigenvalue weighted by atomic mass is 9.94. The summed E-state index contributed by atoms with van der Waals surface area (Å²) in [5.41, 5.74) is 1.27. The summed E-state index contributed by atoms with van der Waals surface area (Å²) in [6.45, 7) is 0.955. The Hall–Kier alpha value is -0.540. The van der Waals surface area contributed by atoms with Crippen molar-refractivity contribution in [2.45, 2.75) is 43.1 Å². The smallest absolute Gasteiger partial charge is 0.123 e. The zero-order valence-electron chi connectivity index (χ0n) is 11.2. The Bertz CT molecular complexity index is 383. The fourth-order valence-corrected chi connectivity index (χ4v) is 3.77. The molecule has 0 N–H and O–H groups in total. The summed E-state index contributed by atoms with van der Waals surface area (Å²) in [5, 5.41) is 0. The monoisotopic (exact) mass is 311 g/mol. The van der Waals surface area contributed by atoms with Crippen LogP contribution in [0.2, 0.25) is 0 Å². The first-order chi connectivity index (χ1) is 8.72. The van der Waals surface area contributed by atoms with Gasteiger partial charge in [-0.25, -0.2) is 0 Å². The average molecular weight is 312 g/mol. The molecule has 1 fully saturated rings. The van der Waals surface area contributed by atoms with E-state index in [1.165, 1.54) is 31.2 Å². The quantitative estimate of drug-likeness (QED) is 0.784. The first-order valence-electron chi connectivity index (χ1n) is 6.68. The molecule has 2 unspecified atom stereocenters. The Balaban J connectivity index is 2.03. The number of benzene rings is 1. The normalized spacial score (nSPS) is 24.2. The van der Waals surface area contributed by atoms with Gasteiger partial charge in [-0.1, -0.05) is 47.0 Å². The molecule has 0 saturated heterocycles. The molecule has 3 heteroatoms. The van der Waals surface area contributed by atoms with E-state index in [0.29, 0.717) is 10.9 Å². The van der Waals surface area contributed by atoms with Gasteiger partial charge in [-0.3, -0.25) is 4.90 Å². The van der Waals surface area contributed by atoms with Gasteiger partial charge in [-0.15, -0.1) is 0 Å². The van der Waals surface area contributed by atoms with Crippen molar-refractivity contribution in [2.24, 2.45) is 0 Å². The number of ether oxygens (including phenoxy) is 1. The Labute approximate surface area is 118 Å². The molecule has 0 aliphatic heterocycles. The minimum Gasteiger partial charge on any atom is -0.496 e. The van der Waals surface area contributed by atoms with Gasteiger partial charge in [0.25, 0.3) is 0 Å². The van der Waals surface area contributed by atoms with Gasteiger partial charge in [0.1, 0.15) is 5.75 Å². The number of methoxy groups -OCH3 is 1. The van der Waals surface area contributed by atoms with Crippen molar-refractivity contribution >= 4 is 15.9 Å². The van der Waals surface area contributed by atoms with Crippen LogP contribution >= 0.6 is 15.9 Å². The van der Waals surface area contributed by atoms with Gasteiger partial charge in [0.15, 0.2) is 0 Å². The summed E-state index contributed by atoms with van der Waals surface area (Å²) >= 11 is 3.83. The van der Waals surface area contributed by atoms with Gasteiger partial charge < -0.3 is 4.74 Å². The van der Waals surface area contributed by atoms with Gasteiger partial charge in [0.2, 0.25) is 0 Å². The van der Waals surface area contributed by atoms with E-state index in [2.05, 4.69) is 40.0 Å². The molecule has 2 atom stereocenters. The van der Waals surface area contributed by atoms with E-state index in [9.17, 15) is 0 Å². The van der Waals surface area contributed by atoms with E-state index in [1.807, 2.05) is 12.1 Å². The predicted octanol–water partition coefficient (Wildman–Crippen LogP) is 3.83. The average Bonchev–Trinajstić information content (AvgIpc) is 2.39. The minimum atomic E-state index is 0.631. The van der Waals surface area contributed by atoms with E-state index in [1.54, 1.807) is 7.11 Å². The van der Waals surface area contributed by atoms with Crippen molar-refractivity contribution in [3.8, 4) is 5.75 Å². The molecule has 2 rings (SSSR count). The number of alkyl halides is 1. The summed E-state index contributed by atoms with van der Waals surface area (Å²) in [7, 11) is 3.96. The molecular formula is C15H22BrNO. The van der Waals surface area contributed by atoms with Gasteiger partial charge >= 0.3 is 0 Å². The fraction of sp³-hybridized carbons (Fsp3) is 0.600. The maximum absolute atomic E-state index is 5.42. The molecule has 2 nitrogen and oxygen atoms in total. The molecule has 0 heterocycles. The molecule has 0 spiro atoms. The molecule has 1 aliphatic rings. The number of hydrogen-bond donors (Lipinski definition) is 0. The highest BCUT2D eigenvalue weighted by Gasteiger charge is 2.26. The second-order valence-corrected chi connectivity index (χ2v) is 6.27. The molecule has 100 valence electrons. The van der Waals surface area contributed by atoms with Crippen molar-refractivity contribution in [2.75, 3.05) is 14.2 Å². The Morgan fingerprint density at radius 2 is 2.00 bits per heavy atom. The first kappa shape index (κ1) is 13.9. The molecule has 18 heavy (non-hydrogen) atoms. The van der Waals surface area contributed by atoms with Crippen molar-refractivity contribution in [3.63, 3.8) is 0 Å². The lowest BCUT2D eigenvalue weighted by molar-refractivity contribution is 0.191. The van der Waals surface area contributed by atoms with E-state index >= 15 is 0 Å². The van der Waals surface area contributed by atoms with Crippen molar-refractivity contribution in [1.29, 1.82) is 0 Å². The van der Waals surface area contributed by atoms with E-state index in [4.69, 9.17) is 4.74 Å².